The Hall–Kier alpha value is -0.570. The van der Waals surface area contributed by atoms with Crippen molar-refractivity contribution in [2.75, 3.05) is 24.6 Å². The number of sulfonamides is 1. The zero-order chi connectivity index (χ0) is 13.9. The minimum Gasteiger partial charge on any atom is -0.481 e. The van der Waals surface area contributed by atoms with Crippen molar-refractivity contribution in [1.29, 1.82) is 0 Å². The zero-order valence-corrected chi connectivity index (χ0v) is 12.7. The number of carboxylic acids is 1. The van der Waals surface area contributed by atoms with E-state index in [-0.39, 0.29) is 10.6 Å². The molecule has 1 N–H and O–H groups in total. The lowest BCUT2D eigenvalue weighted by atomic mass is 10.3. The number of hydrogen-bond donors (Lipinski definition) is 1. The fraction of sp³-hybridized carbons (Fsp3) is 0.545. The fourth-order valence-electron chi connectivity index (χ4n) is 1.83. The molecule has 0 aliphatic carbocycles. The molecular weight excluding hydrogens is 306 g/mol. The summed E-state index contributed by atoms with van der Waals surface area (Å²) in [4.78, 5) is 11.2. The molecule has 2 rings (SSSR count). The first-order chi connectivity index (χ1) is 9.00. The number of hydrogen-bond acceptors (Lipinski definition) is 5. The molecule has 1 fully saturated rings. The van der Waals surface area contributed by atoms with Gasteiger partial charge in [-0.05, 0) is 24.3 Å². The van der Waals surface area contributed by atoms with Crippen LogP contribution in [0.2, 0.25) is 0 Å². The summed E-state index contributed by atoms with van der Waals surface area (Å²) in [6.45, 7) is 1.07. The van der Waals surface area contributed by atoms with Gasteiger partial charge in [-0.3, -0.25) is 4.79 Å². The number of carboxylic acid groups (broad SMARTS) is 1. The van der Waals surface area contributed by atoms with Crippen LogP contribution < -0.4 is 0 Å². The number of aliphatic carboxylic acids is 1. The van der Waals surface area contributed by atoms with Crippen molar-refractivity contribution in [2.24, 2.45) is 0 Å². The Kier molecular flexibility index (Phi) is 4.88. The van der Waals surface area contributed by atoms with Crippen LogP contribution in [0.1, 0.15) is 11.3 Å². The van der Waals surface area contributed by atoms with E-state index in [1.54, 1.807) is 17.8 Å². The van der Waals surface area contributed by atoms with Crippen molar-refractivity contribution in [3.63, 3.8) is 0 Å². The van der Waals surface area contributed by atoms with E-state index >= 15 is 0 Å². The van der Waals surface area contributed by atoms with Crippen molar-refractivity contribution >= 4 is 39.1 Å². The number of rotatable bonds is 4. The summed E-state index contributed by atoms with van der Waals surface area (Å²) < 4.78 is 26.6. The number of nitrogens with zero attached hydrogens (tertiary/aromatic N) is 1. The maximum absolute atomic E-state index is 12.4. The van der Waals surface area contributed by atoms with Gasteiger partial charge in [0.25, 0.3) is 10.0 Å². The number of carbonyl (C=O) groups is 1. The number of thioether (sulfide) groups is 1. The van der Waals surface area contributed by atoms with Gasteiger partial charge < -0.3 is 5.11 Å². The maximum atomic E-state index is 12.4. The van der Waals surface area contributed by atoms with Crippen LogP contribution in [0.3, 0.4) is 0 Å². The van der Waals surface area contributed by atoms with Crippen LogP contribution in [0.5, 0.6) is 0 Å². The van der Waals surface area contributed by atoms with E-state index in [1.807, 2.05) is 0 Å². The van der Waals surface area contributed by atoms with Gasteiger partial charge in [-0.25, -0.2) is 8.42 Å². The third-order valence-electron chi connectivity index (χ3n) is 2.74. The monoisotopic (exact) mass is 321 g/mol. The molecule has 1 aliphatic heterocycles. The summed E-state index contributed by atoms with van der Waals surface area (Å²) in [5.74, 6) is 0.852. The Bertz CT molecular complexity index is 544. The van der Waals surface area contributed by atoms with Gasteiger partial charge in [-0.2, -0.15) is 16.1 Å². The highest BCUT2D eigenvalue weighted by Crippen LogP contribution is 2.26. The summed E-state index contributed by atoms with van der Waals surface area (Å²) in [6, 6.07) is 3.09. The molecule has 0 unspecified atom stereocenters. The predicted molar refractivity (Wildman–Crippen MR) is 76.4 cm³/mol. The van der Waals surface area contributed by atoms with Gasteiger partial charge in [0.1, 0.15) is 4.21 Å². The molecule has 0 radical (unpaired) electrons. The Morgan fingerprint density at radius 3 is 2.84 bits per heavy atom. The van der Waals surface area contributed by atoms with E-state index in [2.05, 4.69) is 0 Å². The van der Waals surface area contributed by atoms with E-state index in [4.69, 9.17) is 5.11 Å². The molecule has 2 heterocycles. The molecular formula is C11H15NO4S3. The molecule has 5 nitrogen and oxygen atoms in total. The lowest BCUT2D eigenvalue weighted by Gasteiger charge is -2.18. The molecule has 0 amide bonds. The van der Waals surface area contributed by atoms with Crippen molar-refractivity contribution in [2.45, 2.75) is 17.1 Å². The van der Waals surface area contributed by atoms with Gasteiger partial charge in [-0.1, -0.05) is 0 Å². The summed E-state index contributed by atoms with van der Waals surface area (Å²) >= 11 is 2.82. The summed E-state index contributed by atoms with van der Waals surface area (Å²) in [7, 11) is -3.45. The molecule has 0 saturated carbocycles. The third-order valence-corrected chi connectivity index (χ3v) is 7.24. The highest BCUT2D eigenvalue weighted by Gasteiger charge is 2.26. The van der Waals surface area contributed by atoms with E-state index in [0.717, 1.165) is 29.3 Å². The molecule has 19 heavy (non-hydrogen) atoms. The zero-order valence-electron chi connectivity index (χ0n) is 10.2. The molecule has 1 saturated heterocycles. The lowest BCUT2D eigenvalue weighted by Crippen LogP contribution is -2.32. The molecule has 0 bridgehead atoms. The first-order valence-corrected chi connectivity index (χ1v) is 9.29. The van der Waals surface area contributed by atoms with Crippen LogP contribution in [0.25, 0.3) is 0 Å². The Balaban J connectivity index is 2.18. The maximum Gasteiger partial charge on any atom is 0.308 e. The first kappa shape index (κ1) is 14.8. The van der Waals surface area contributed by atoms with Crippen molar-refractivity contribution in [3.05, 3.63) is 17.0 Å². The lowest BCUT2D eigenvalue weighted by molar-refractivity contribution is -0.136. The van der Waals surface area contributed by atoms with E-state index in [9.17, 15) is 13.2 Å². The molecule has 0 spiro atoms. The van der Waals surface area contributed by atoms with Gasteiger partial charge >= 0.3 is 5.97 Å². The quantitative estimate of drug-likeness (QED) is 0.910. The highest BCUT2D eigenvalue weighted by molar-refractivity contribution is 7.99. The van der Waals surface area contributed by atoms with Crippen LogP contribution in [0.4, 0.5) is 0 Å². The Labute approximate surface area is 120 Å². The van der Waals surface area contributed by atoms with Crippen LogP contribution in [0.15, 0.2) is 16.3 Å². The second-order valence-electron chi connectivity index (χ2n) is 4.16. The van der Waals surface area contributed by atoms with Crippen LogP contribution in [-0.4, -0.2) is 48.4 Å². The van der Waals surface area contributed by atoms with Crippen LogP contribution >= 0.6 is 23.1 Å². The van der Waals surface area contributed by atoms with E-state index in [1.165, 1.54) is 10.4 Å². The molecule has 8 heteroatoms. The van der Waals surface area contributed by atoms with E-state index in [0.29, 0.717) is 18.0 Å². The van der Waals surface area contributed by atoms with Crippen molar-refractivity contribution in [1.82, 2.24) is 4.31 Å². The van der Waals surface area contributed by atoms with Crippen molar-refractivity contribution < 1.29 is 18.3 Å². The van der Waals surface area contributed by atoms with Crippen LogP contribution in [0, 0.1) is 0 Å². The average Bonchev–Trinajstić information content (AvgIpc) is 2.64. The minimum absolute atomic E-state index is 0.129. The standard InChI is InChI=1S/C11H15NO4S3/c13-10(14)8-9-2-3-11(18-9)19(15,16)12-4-1-6-17-7-5-12/h2-3H,1,4-8H2,(H,13,14). The molecule has 1 aromatic rings. The second-order valence-corrected chi connectivity index (χ2v) is 8.72. The summed E-state index contributed by atoms with van der Waals surface area (Å²) in [5.41, 5.74) is 0. The predicted octanol–water partition coefficient (Wildman–Crippen LogP) is 1.50. The van der Waals surface area contributed by atoms with Gasteiger partial charge in [0.2, 0.25) is 0 Å². The molecule has 0 aromatic carbocycles. The minimum atomic E-state index is -3.45. The number of thiophene rings is 1. The topological polar surface area (TPSA) is 74.7 Å². The normalized spacial score (nSPS) is 18.1. The summed E-state index contributed by atoms with van der Waals surface area (Å²) in [5, 5.41) is 8.71. The summed E-state index contributed by atoms with van der Waals surface area (Å²) in [6.07, 6.45) is 0.729. The molecule has 106 valence electrons. The van der Waals surface area contributed by atoms with Crippen LogP contribution in [-0.2, 0) is 21.2 Å². The largest absolute Gasteiger partial charge is 0.481 e. The highest BCUT2D eigenvalue weighted by atomic mass is 32.2. The first-order valence-electron chi connectivity index (χ1n) is 5.88. The van der Waals surface area contributed by atoms with Gasteiger partial charge in [0, 0.05) is 23.7 Å². The third kappa shape index (κ3) is 3.71. The average molecular weight is 321 g/mol. The molecule has 1 aliphatic rings. The van der Waals surface area contributed by atoms with Gasteiger partial charge in [0.05, 0.1) is 6.42 Å². The van der Waals surface area contributed by atoms with Gasteiger partial charge in [0.15, 0.2) is 0 Å². The smallest absolute Gasteiger partial charge is 0.308 e. The second kappa shape index (κ2) is 6.25. The van der Waals surface area contributed by atoms with Crippen molar-refractivity contribution in [3.8, 4) is 0 Å². The SMILES string of the molecule is O=C(O)Cc1ccc(S(=O)(=O)N2CCCSCC2)s1. The van der Waals surface area contributed by atoms with Gasteiger partial charge in [-0.15, -0.1) is 11.3 Å². The molecule has 0 atom stereocenters. The molecule has 1 aromatic heterocycles. The van der Waals surface area contributed by atoms with E-state index < -0.39 is 16.0 Å². The Morgan fingerprint density at radius 1 is 1.32 bits per heavy atom. The Morgan fingerprint density at radius 2 is 2.11 bits per heavy atom. The fourth-order valence-corrected chi connectivity index (χ4v) is 5.81.